The maximum absolute atomic E-state index is 13.3. The molecule has 0 radical (unpaired) electrons. The lowest BCUT2D eigenvalue weighted by molar-refractivity contribution is -0.137. The molecule has 14 heteroatoms. The number of aliphatic imine (C=N–C) groups is 1. The van der Waals surface area contributed by atoms with Crippen molar-refractivity contribution in [1.29, 1.82) is 0 Å². The SMILES string of the molecule is N[C@H](Cc1cccc(C(F)(F)F)c1)C(=O)NCC1=NC2C(C(F)(F)F)=CC(C(F)(F)F)=CC2N1. The van der Waals surface area contributed by atoms with E-state index in [1.807, 2.05) is 0 Å². The van der Waals surface area contributed by atoms with Crippen LogP contribution >= 0.6 is 0 Å². The van der Waals surface area contributed by atoms with Gasteiger partial charge in [-0.2, -0.15) is 39.5 Å². The van der Waals surface area contributed by atoms with E-state index in [1.54, 1.807) is 0 Å². The lowest BCUT2D eigenvalue weighted by atomic mass is 9.91. The molecule has 0 bridgehead atoms. The molecular formula is C20H17F9N4O. The number of hydrogen-bond donors (Lipinski definition) is 3. The lowest BCUT2D eigenvalue weighted by Gasteiger charge is -2.26. The van der Waals surface area contributed by atoms with Crippen LogP contribution in [0.3, 0.4) is 0 Å². The minimum Gasteiger partial charge on any atom is -0.364 e. The summed E-state index contributed by atoms with van der Waals surface area (Å²) in [5, 5.41) is 4.69. The average molecular weight is 500 g/mol. The summed E-state index contributed by atoms with van der Waals surface area (Å²) in [6.45, 7) is -0.470. The minimum atomic E-state index is -5.06. The second kappa shape index (κ2) is 8.96. The number of carbonyl (C=O) groups is 1. The first-order chi connectivity index (χ1) is 15.6. The van der Waals surface area contributed by atoms with Crippen LogP contribution in [0.15, 0.2) is 52.6 Å². The number of allylic oxidation sites excluding steroid dienone is 2. The fourth-order valence-electron chi connectivity index (χ4n) is 3.49. The van der Waals surface area contributed by atoms with Gasteiger partial charge in [0, 0.05) is 0 Å². The Labute approximate surface area is 186 Å². The fraction of sp³-hybridized carbons (Fsp3) is 0.400. The van der Waals surface area contributed by atoms with E-state index in [4.69, 9.17) is 5.73 Å². The van der Waals surface area contributed by atoms with Crippen molar-refractivity contribution in [3.05, 3.63) is 58.7 Å². The number of rotatable bonds is 5. The summed E-state index contributed by atoms with van der Waals surface area (Å²) in [5.41, 5.74) is 1.95. The maximum atomic E-state index is 13.3. The monoisotopic (exact) mass is 500 g/mol. The molecule has 4 N–H and O–H groups in total. The largest absolute Gasteiger partial charge is 0.416 e. The molecule has 2 aliphatic rings. The molecule has 1 aromatic rings. The molecule has 1 amide bonds. The fourth-order valence-corrected chi connectivity index (χ4v) is 3.49. The summed E-state index contributed by atoms with van der Waals surface area (Å²) in [6, 6.07) is -0.228. The van der Waals surface area contributed by atoms with Crippen LogP contribution in [-0.2, 0) is 17.4 Å². The normalized spacial score (nSPS) is 21.6. The Morgan fingerprint density at radius 2 is 1.74 bits per heavy atom. The Hall–Kier alpha value is -3.03. The van der Waals surface area contributed by atoms with Gasteiger partial charge >= 0.3 is 18.5 Å². The molecule has 3 atom stereocenters. The molecule has 3 rings (SSSR count). The van der Waals surface area contributed by atoms with E-state index in [2.05, 4.69) is 15.6 Å². The smallest absolute Gasteiger partial charge is 0.364 e. The second-order valence-electron chi connectivity index (χ2n) is 7.63. The highest BCUT2D eigenvalue weighted by Gasteiger charge is 2.48. The van der Waals surface area contributed by atoms with Crippen molar-refractivity contribution >= 4 is 11.7 Å². The number of alkyl halides is 9. The van der Waals surface area contributed by atoms with Crippen molar-refractivity contribution in [1.82, 2.24) is 10.6 Å². The Morgan fingerprint density at radius 1 is 1.06 bits per heavy atom. The summed E-state index contributed by atoms with van der Waals surface area (Å²) in [4.78, 5) is 16.0. The molecular weight excluding hydrogens is 483 g/mol. The second-order valence-corrected chi connectivity index (χ2v) is 7.63. The van der Waals surface area contributed by atoms with Crippen LogP contribution < -0.4 is 16.4 Å². The number of amidine groups is 1. The Morgan fingerprint density at radius 3 is 2.32 bits per heavy atom. The van der Waals surface area contributed by atoms with Crippen LogP contribution in [0.4, 0.5) is 39.5 Å². The number of fused-ring (bicyclic) bond motifs is 1. The third-order valence-electron chi connectivity index (χ3n) is 5.09. The topological polar surface area (TPSA) is 79.5 Å². The molecule has 2 unspecified atom stereocenters. The first kappa shape index (κ1) is 25.6. The van der Waals surface area contributed by atoms with Crippen molar-refractivity contribution in [2.45, 2.75) is 43.1 Å². The first-order valence-electron chi connectivity index (χ1n) is 9.66. The molecule has 0 aromatic heterocycles. The predicted molar refractivity (Wildman–Crippen MR) is 103 cm³/mol. The van der Waals surface area contributed by atoms with Gasteiger partial charge in [0.1, 0.15) is 11.9 Å². The van der Waals surface area contributed by atoms with Crippen molar-refractivity contribution in [2.24, 2.45) is 10.7 Å². The molecule has 34 heavy (non-hydrogen) atoms. The van der Waals surface area contributed by atoms with Gasteiger partial charge in [-0.3, -0.25) is 9.79 Å². The van der Waals surface area contributed by atoms with Crippen molar-refractivity contribution in [3.8, 4) is 0 Å². The molecule has 1 aliphatic carbocycles. The molecule has 186 valence electrons. The van der Waals surface area contributed by atoms with Gasteiger partial charge in [-0.25, -0.2) is 0 Å². The van der Waals surface area contributed by atoms with Crippen molar-refractivity contribution < 1.29 is 44.3 Å². The molecule has 1 heterocycles. The third kappa shape index (κ3) is 5.90. The number of benzene rings is 1. The van der Waals surface area contributed by atoms with E-state index < -0.39 is 65.8 Å². The Balaban J connectivity index is 1.65. The molecule has 0 saturated carbocycles. The molecule has 5 nitrogen and oxygen atoms in total. The van der Waals surface area contributed by atoms with E-state index in [0.717, 1.165) is 18.2 Å². The molecule has 0 spiro atoms. The van der Waals surface area contributed by atoms with Crippen LogP contribution in [0.5, 0.6) is 0 Å². The van der Waals surface area contributed by atoms with Gasteiger partial charge in [0.25, 0.3) is 0 Å². The van der Waals surface area contributed by atoms with Gasteiger partial charge in [-0.1, -0.05) is 18.2 Å². The van der Waals surface area contributed by atoms with E-state index >= 15 is 0 Å². The van der Waals surface area contributed by atoms with Gasteiger partial charge in [0.2, 0.25) is 5.91 Å². The zero-order valence-corrected chi connectivity index (χ0v) is 16.9. The van der Waals surface area contributed by atoms with E-state index in [9.17, 15) is 44.3 Å². The molecule has 0 fully saturated rings. The summed E-state index contributed by atoms with van der Waals surface area (Å²) in [6.07, 6.45) is -14.3. The molecule has 1 aromatic carbocycles. The first-order valence-corrected chi connectivity index (χ1v) is 9.66. The van der Waals surface area contributed by atoms with E-state index in [-0.39, 0.29) is 23.9 Å². The number of amides is 1. The van der Waals surface area contributed by atoms with Crippen LogP contribution in [0.1, 0.15) is 11.1 Å². The number of nitrogens with one attached hydrogen (secondary N) is 2. The number of hydrogen-bond acceptors (Lipinski definition) is 4. The van der Waals surface area contributed by atoms with Gasteiger partial charge in [0.05, 0.1) is 35.3 Å². The Bertz CT molecular complexity index is 1040. The number of halogens is 9. The van der Waals surface area contributed by atoms with Crippen LogP contribution in [-0.4, -0.2) is 48.8 Å². The summed E-state index contributed by atoms with van der Waals surface area (Å²) < 4.78 is 117. The lowest BCUT2D eigenvalue weighted by Crippen LogP contribution is -2.46. The van der Waals surface area contributed by atoms with Crippen molar-refractivity contribution in [2.75, 3.05) is 6.54 Å². The highest BCUT2D eigenvalue weighted by Crippen LogP contribution is 2.40. The maximum Gasteiger partial charge on any atom is 0.416 e. The van der Waals surface area contributed by atoms with Gasteiger partial charge < -0.3 is 16.4 Å². The van der Waals surface area contributed by atoms with E-state index in [1.165, 1.54) is 6.07 Å². The highest BCUT2D eigenvalue weighted by molar-refractivity contribution is 5.92. The van der Waals surface area contributed by atoms with Gasteiger partial charge in [0.15, 0.2) is 0 Å². The summed E-state index contributed by atoms with van der Waals surface area (Å²) >= 11 is 0. The molecule has 1 aliphatic heterocycles. The summed E-state index contributed by atoms with van der Waals surface area (Å²) in [5.74, 6) is -1.04. The Kier molecular flexibility index (Phi) is 6.75. The number of nitrogens with two attached hydrogens (primary N) is 1. The van der Waals surface area contributed by atoms with Crippen molar-refractivity contribution in [3.63, 3.8) is 0 Å². The predicted octanol–water partition coefficient (Wildman–Crippen LogP) is 3.42. The number of carbonyl (C=O) groups excluding carboxylic acids is 1. The van der Waals surface area contributed by atoms with Gasteiger partial charge in [-0.15, -0.1) is 0 Å². The quantitative estimate of drug-likeness (QED) is 0.543. The van der Waals surface area contributed by atoms with Crippen LogP contribution in [0.25, 0.3) is 0 Å². The van der Waals surface area contributed by atoms with E-state index in [0.29, 0.717) is 6.08 Å². The number of nitrogens with zero attached hydrogens (tertiary/aromatic N) is 1. The third-order valence-corrected chi connectivity index (χ3v) is 5.09. The minimum absolute atomic E-state index is 0.00114. The average Bonchev–Trinajstić information content (AvgIpc) is 3.12. The molecule has 0 saturated heterocycles. The zero-order valence-electron chi connectivity index (χ0n) is 16.9. The standard InChI is InChI=1S/C20H17F9N4O/c21-18(22,23)10-3-1-2-9(4-10)5-13(30)17(34)31-8-15-32-14-7-11(19(24,25)26)6-12(16(14)33-15)20(27,28)29/h1-4,6-7,13-14,16H,5,8,30H2,(H,31,34)(H,32,33)/t13-,14?,16?/m1/s1. The summed E-state index contributed by atoms with van der Waals surface area (Å²) in [7, 11) is 0. The van der Waals surface area contributed by atoms with Gasteiger partial charge in [-0.05, 0) is 30.2 Å². The van der Waals surface area contributed by atoms with Crippen LogP contribution in [0.2, 0.25) is 0 Å². The van der Waals surface area contributed by atoms with Crippen LogP contribution in [0, 0.1) is 0 Å². The zero-order chi connectivity index (χ0) is 25.5. The highest BCUT2D eigenvalue weighted by atomic mass is 19.4.